The van der Waals surface area contributed by atoms with Crippen LogP contribution in [0.4, 0.5) is 4.39 Å². The molecule has 1 fully saturated rings. The molecular weight excluding hydrogens is 544 g/mol. The van der Waals surface area contributed by atoms with E-state index in [9.17, 15) is 42.6 Å². The van der Waals surface area contributed by atoms with Crippen LogP contribution in [0.25, 0.3) is 0 Å². The zero-order valence-corrected chi connectivity index (χ0v) is 20.0. The number of H-pyrrole nitrogens is 1. The minimum absolute atomic E-state index is 0.637. The Labute approximate surface area is 188 Å². The molecule has 1 aromatic rings. The van der Waals surface area contributed by atoms with E-state index in [1.165, 1.54) is 0 Å². The molecule has 1 aliphatic rings. The maximum atomic E-state index is 13.9. The van der Waals surface area contributed by atoms with Crippen LogP contribution in [0.3, 0.4) is 0 Å². The number of aliphatic hydroxyl groups excluding tert-OH is 1. The number of aromatic amines is 1. The summed E-state index contributed by atoms with van der Waals surface area (Å²) >= 11 is 6.16. The number of alkyl halides is 2. The van der Waals surface area contributed by atoms with E-state index in [0.29, 0.717) is 4.57 Å². The first-order valence-corrected chi connectivity index (χ1v) is 13.4. The van der Waals surface area contributed by atoms with Crippen LogP contribution in [0.15, 0.2) is 21.9 Å². The molecule has 2 rings (SSSR count). The summed E-state index contributed by atoms with van der Waals surface area (Å²) in [5.74, 6) is 0. The van der Waals surface area contributed by atoms with Crippen molar-refractivity contribution in [3.05, 3.63) is 33.1 Å². The number of aliphatic hydroxyl groups is 1. The van der Waals surface area contributed by atoms with Crippen LogP contribution in [-0.4, -0.2) is 63.6 Å². The molecule has 190 valence electrons. The molecule has 6 N–H and O–H groups in total. The van der Waals surface area contributed by atoms with Gasteiger partial charge in [0.05, 0.1) is 0 Å². The second kappa shape index (κ2) is 9.36. The number of phosphoric ester groups is 1. The summed E-state index contributed by atoms with van der Waals surface area (Å²) in [6.45, 7) is 0.452. The van der Waals surface area contributed by atoms with Gasteiger partial charge >= 0.3 is 29.2 Å². The number of phosphoric acid groups is 3. The van der Waals surface area contributed by atoms with Gasteiger partial charge in [-0.05, 0) is 13.8 Å². The van der Waals surface area contributed by atoms with Crippen molar-refractivity contribution in [2.75, 3.05) is 6.67 Å². The van der Waals surface area contributed by atoms with Gasteiger partial charge in [-0.1, -0.05) is 0 Å². The van der Waals surface area contributed by atoms with E-state index in [-0.39, 0.29) is 0 Å². The van der Waals surface area contributed by atoms with E-state index >= 15 is 0 Å². The topological polar surface area (TPSA) is 244 Å². The lowest BCUT2D eigenvalue weighted by molar-refractivity contribution is -0.118. The Morgan fingerprint density at radius 3 is 2.27 bits per heavy atom. The highest BCUT2D eigenvalue weighted by Crippen LogP contribution is 2.67. The van der Waals surface area contributed by atoms with E-state index in [1.54, 1.807) is 0 Å². The number of nitrogens with zero attached hydrogens (tertiary/aromatic N) is 1. The summed E-state index contributed by atoms with van der Waals surface area (Å²) in [6.07, 6.45) is -4.74. The Hall–Kier alpha value is -0.770. The molecule has 1 saturated heterocycles. The zero-order valence-electron chi connectivity index (χ0n) is 16.5. The molecule has 0 spiro atoms. The molecule has 0 aliphatic carbocycles. The highest BCUT2D eigenvalue weighted by Gasteiger charge is 2.62. The molecule has 3 unspecified atom stereocenters. The van der Waals surface area contributed by atoms with Gasteiger partial charge < -0.3 is 29.4 Å². The summed E-state index contributed by atoms with van der Waals surface area (Å²) in [5.41, 5.74) is -4.09. The monoisotopic (exact) mass is 562 g/mol. The van der Waals surface area contributed by atoms with Gasteiger partial charge in [-0.25, -0.2) is 22.9 Å². The molecule has 0 bridgehead atoms. The molecular formula is C12H19ClFN2O14P3. The fourth-order valence-electron chi connectivity index (χ4n) is 2.97. The van der Waals surface area contributed by atoms with Gasteiger partial charge in [0.2, 0.25) is 0 Å². The van der Waals surface area contributed by atoms with E-state index in [2.05, 4.69) is 8.62 Å². The van der Waals surface area contributed by atoms with Crippen molar-refractivity contribution in [2.24, 2.45) is 0 Å². The van der Waals surface area contributed by atoms with Crippen molar-refractivity contribution in [1.29, 1.82) is 0 Å². The van der Waals surface area contributed by atoms with Gasteiger partial charge in [0, 0.05) is 12.3 Å². The Morgan fingerprint density at radius 2 is 1.79 bits per heavy atom. The third kappa shape index (κ3) is 6.67. The maximum absolute atomic E-state index is 13.9. The highest BCUT2D eigenvalue weighted by molar-refractivity contribution is 7.66. The number of nitrogens with one attached hydrogen (secondary N) is 1. The maximum Gasteiger partial charge on any atom is 0.490 e. The molecule has 21 heteroatoms. The van der Waals surface area contributed by atoms with Gasteiger partial charge in [-0.15, -0.1) is 11.6 Å². The van der Waals surface area contributed by atoms with E-state index < -0.39 is 70.3 Å². The molecule has 0 saturated carbocycles. The first kappa shape index (κ1) is 28.5. The number of ether oxygens (including phenoxy) is 1. The van der Waals surface area contributed by atoms with Crippen LogP contribution in [0.5, 0.6) is 0 Å². The van der Waals surface area contributed by atoms with Crippen LogP contribution in [0.2, 0.25) is 0 Å². The number of hydrogen-bond donors (Lipinski definition) is 6. The van der Waals surface area contributed by atoms with Crippen LogP contribution in [0, 0.1) is 0 Å². The Bertz CT molecular complexity index is 1150. The van der Waals surface area contributed by atoms with Crippen molar-refractivity contribution in [3.63, 3.8) is 0 Å². The van der Waals surface area contributed by atoms with Crippen LogP contribution in [0.1, 0.15) is 20.1 Å². The number of rotatable bonds is 9. The zero-order chi connectivity index (χ0) is 25.6. The molecule has 0 amide bonds. The molecule has 16 nitrogen and oxygen atoms in total. The minimum atomic E-state index is -5.84. The van der Waals surface area contributed by atoms with Crippen LogP contribution in [-0.2, 0) is 31.6 Å². The van der Waals surface area contributed by atoms with Gasteiger partial charge in [0.15, 0.2) is 6.23 Å². The summed E-state index contributed by atoms with van der Waals surface area (Å²) in [7, 11) is -17.2. The SMILES string of the molecule is CC(C)(OP(=O)(O)OP(=O)(O)OP(=O)(O)O)[C@H]1O[C@@H](n2ccc(=O)[nH]c2=O)[C@@](Cl)(CF)C1O. The highest BCUT2D eigenvalue weighted by atomic mass is 35.5. The Morgan fingerprint density at radius 1 is 1.21 bits per heavy atom. The largest absolute Gasteiger partial charge is 0.490 e. The van der Waals surface area contributed by atoms with Crippen molar-refractivity contribution in [3.8, 4) is 0 Å². The predicted octanol–water partition coefficient (Wildman–Crippen LogP) is -0.136. The Balaban J connectivity index is 2.35. The molecule has 33 heavy (non-hydrogen) atoms. The van der Waals surface area contributed by atoms with Crippen molar-refractivity contribution in [2.45, 2.75) is 42.8 Å². The standard InChI is InChI=1S/C12H19ClFN2O14P3/c1-11(2,28-32(23,24)30-33(25,26)29-31(20,21)22)8-7(18)12(13,5-14)9(27-8)16-4-3-6(17)15-10(16)19/h3-4,7-9,18H,5H2,1-2H3,(H,23,24)(H,25,26)(H,15,17,19)(H2,20,21,22)/t7?,8-,9+,12+/m0/s1. The van der Waals surface area contributed by atoms with E-state index in [1.807, 2.05) is 4.98 Å². The molecule has 6 atom stereocenters. The lowest BCUT2D eigenvalue weighted by Crippen LogP contribution is -2.50. The van der Waals surface area contributed by atoms with E-state index in [0.717, 1.165) is 26.1 Å². The molecule has 0 aromatic carbocycles. The lowest BCUT2D eigenvalue weighted by atomic mass is 9.91. The van der Waals surface area contributed by atoms with Gasteiger partial charge in [-0.2, -0.15) is 8.62 Å². The van der Waals surface area contributed by atoms with Gasteiger partial charge in [-0.3, -0.25) is 18.9 Å². The Kier molecular flexibility index (Phi) is 8.07. The van der Waals surface area contributed by atoms with Crippen molar-refractivity contribution >= 4 is 35.1 Å². The summed E-state index contributed by atoms with van der Waals surface area (Å²) in [4.78, 5) is 59.0. The first-order chi connectivity index (χ1) is 14.7. The summed E-state index contributed by atoms with van der Waals surface area (Å²) in [6, 6.07) is 0.872. The lowest BCUT2D eigenvalue weighted by Gasteiger charge is -2.34. The van der Waals surface area contributed by atoms with Gasteiger partial charge in [0.25, 0.3) is 5.56 Å². The second-order valence-electron chi connectivity index (χ2n) is 7.22. The fraction of sp³-hybridized carbons (Fsp3) is 0.667. The first-order valence-electron chi connectivity index (χ1n) is 8.47. The number of halogens is 2. The average molecular weight is 563 g/mol. The minimum Gasteiger partial charge on any atom is -0.388 e. The number of hydrogen-bond acceptors (Lipinski definition) is 10. The molecule has 1 aromatic heterocycles. The smallest absolute Gasteiger partial charge is 0.388 e. The second-order valence-corrected chi connectivity index (χ2v) is 12.3. The average Bonchev–Trinajstić information content (AvgIpc) is 2.83. The summed E-state index contributed by atoms with van der Waals surface area (Å²) < 4.78 is 66.3. The predicted molar refractivity (Wildman–Crippen MR) is 105 cm³/mol. The van der Waals surface area contributed by atoms with Gasteiger partial charge in [0.1, 0.15) is 29.4 Å². The summed E-state index contributed by atoms with van der Waals surface area (Å²) in [5, 5.41) is 10.6. The van der Waals surface area contributed by atoms with Crippen molar-refractivity contribution in [1.82, 2.24) is 9.55 Å². The number of aromatic nitrogens is 2. The third-order valence-corrected chi connectivity index (χ3v) is 8.76. The van der Waals surface area contributed by atoms with Crippen LogP contribution >= 0.6 is 35.1 Å². The molecule has 1 aliphatic heterocycles. The molecule has 2 heterocycles. The van der Waals surface area contributed by atoms with Crippen LogP contribution < -0.4 is 11.2 Å². The fourth-order valence-corrected chi connectivity index (χ4v) is 6.58. The quantitative estimate of drug-likeness (QED) is 0.169. The molecule has 0 radical (unpaired) electrons. The van der Waals surface area contributed by atoms with E-state index in [4.69, 9.17) is 30.6 Å². The normalized spacial score (nSPS) is 30.0. The van der Waals surface area contributed by atoms with Crippen molar-refractivity contribution < 1.29 is 60.6 Å². The third-order valence-electron chi connectivity index (χ3n) is 4.22.